The predicted octanol–water partition coefficient (Wildman–Crippen LogP) is 25.3. The molecule has 3 fully saturated rings. The van der Waals surface area contributed by atoms with Crippen molar-refractivity contribution >= 4 is 115 Å². The summed E-state index contributed by atoms with van der Waals surface area (Å²) in [5, 5.41) is 5.71. The number of nitrogens with zero attached hydrogens (tertiary/aromatic N) is 12. The van der Waals surface area contributed by atoms with Gasteiger partial charge in [-0.1, -0.05) is 206 Å². The zero-order chi connectivity index (χ0) is 91.6. The van der Waals surface area contributed by atoms with Crippen molar-refractivity contribution in [3.05, 3.63) is 243 Å². The molecular weight excluding hydrogens is 1730 g/mol. The third kappa shape index (κ3) is 21.4. The number of alkyl halides is 4. The number of anilines is 3. The Morgan fingerprint density at radius 1 is 0.472 bits per heavy atom. The molecule has 31 heteroatoms. The Morgan fingerprint density at radius 3 is 1.09 bits per heavy atom. The van der Waals surface area contributed by atoms with Gasteiger partial charge in [-0.25, -0.2) is 65.4 Å². The summed E-state index contributed by atoms with van der Waals surface area (Å²) in [5.41, 5.74) is 7.18. The minimum absolute atomic E-state index is 0.0238. The van der Waals surface area contributed by atoms with Crippen LogP contribution < -0.4 is 20.0 Å². The van der Waals surface area contributed by atoms with Crippen molar-refractivity contribution in [2.45, 2.75) is 112 Å². The van der Waals surface area contributed by atoms with Gasteiger partial charge in [-0.3, -0.25) is 9.59 Å². The fourth-order valence-electron chi connectivity index (χ4n) is 15.8. The molecule has 9 heterocycles. The third-order valence-electron chi connectivity index (χ3n) is 22.0. The molecule has 127 heavy (non-hydrogen) atoms. The molecule has 0 aliphatic carbocycles. The number of nitrogens with one attached hydrogen (secondary N) is 1. The summed E-state index contributed by atoms with van der Waals surface area (Å²) in [6, 6.07) is 46.4. The number of halogens is 13. The normalized spacial score (nSPS) is 14.1. The first kappa shape index (κ1) is 95.1. The van der Waals surface area contributed by atoms with E-state index in [1.807, 2.05) is 86.0 Å². The molecule has 0 atom stereocenters. The number of fused-ring (bicyclic) bond motifs is 3. The first-order chi connectivity index (χ1) is 60.6. The largest absolute Gasteiger partial charge is 0.444 e. The van der Waals surface area contributed by atoms with Crippen LogP contribution in [0.4, 0.5) is 64.6 Å². The second kappa shape index (κ2) is 41.4. The van der Waals surface area contributed by atoms with Gasteiger partial charge in [0.15, 0.2) is 6.29 Å². The highest BCUT2D eigenvalue weighted by molar-refractivity contribution is 8.18. The van der Waals surface area contributed by atoms with Gasteiger partial charge in [0.2, 0.25) is 5.91 Å². The van der Waals surface area contributed by atoms with Gasteiger partial charge in [0.1, 0.15) is 57.6 Å². The Kier molecular flexibility index (Phi) is 31.0. The molecular formula is C96H98Cl3F10N13O4S. The van der Waals surface area contributed by atoms with Crippen LogP contribution in [0, 0.1) is 17.5 Å². The number of ether oxygens (including phenoxy) is 1. The Hall–Kier alpha value is -11.0. The summed E-state index contributed by atoms with van der Waals surface area (Å²) in [6.45, 7) is 30.2. The summed E-state index contributed by atoms with van der Waals surface area (Å²) in [6.07, 6.45) is -4.21. The number of aromatic nitrogens is 6. The summed E-state index contributed by atoms with van der Waals surface area (Å²) >= 11 is 15.2. The van der Waals surface area contributed by atoms with E-state index in [9.17, 15) is 56.8 Å². The SMILES string of the molecule is C=CC(=O)N1CCN(c2nc(C(F)F)c(-c3ccccc3C(C)C)c3nc(-c4ccccc4F)c(Cl)cc23)CC1.CC(C)c1ccccc1-c1c(C(F)F)nc(N2CCN(C(=O)OC(C)(C)C)CC2)c2cc(Cl)c(-c3ccccc3F)nc12.CC(C)c1ccccc1-c1c(C=O)nc(N2CCNCC2)c2cc(Cl)c(-c3ccccc3F)nc12.CCN(CC)S(F)(F)F. The molecule has 2 amide bonds. The maximum atomic E-state index is 14.9. The van der Waals surface area contributed by atoms with Crippen molar-refractivity contribution in [2.24, 2.45) is 0 Å². The number of aldehydes is 1. The first-order valence-electron chi connectivity index (χ1n) is 41.8. The van der Waals surface area contributed by atoms with Crippen LogP contribution in [0.5, 0.6) is 0 Å². The molecule has 3 saturated heterocycles. The Balaban J connectivity index is 0.000000165. The van der Waals surface area contributed by atoms with E-state index in [0.717, 1.165) is 60.1 Å². The quantitative estimate of drug-likeness (QED) is 0.0461. The fraction of sp³-hybridized carbons (Fsp3) is 0.323. The number of hydrogen-bond donors (Lipinski definition) is 1. The Bertz CT molecular complexity index is 6020. The minimum Gasteiger partial charge on any atom is -0.444 e. The smallest absolute Gasteiger partial charge is 0.410 e. The summed E-state index contributed by atoms with van der Waals surface area (Å²) in [5.74, 6) is -0.112. The van der Waals surface area contributed by atoms with E-state index in [2.05, 4.69) is 46.7 Å². The molecule has 0 bridgehead atoms. The summed E-state index contributed by atoms with van der Waals surface area (Å²) < 4.78 is 145. The zero-order valence-electron chi connectivity index (χ0n) is 72.1. The van der Waals surface area contributed by atoms with Gasteiger partial charge in [-0.05, 0) is 133 Å². The molecule has 17 nitrogen and oxygen atoms in total. The topological polar surface area (TPSA) is 169 Å². The van der Waals surface area contributed by atoms with Crippen molar-refractivity contribution in [2.75, 3.05) is 106 Å². The van der Waals surface area contributed by atoms with Gasteiger partial charge in [0, 0.05) is 141 Å². The van der Waals surface area contributed by atoms with Crippen molar-refractivity contribution in [3.63, 3.8) is 0 Å². The highest BCUT2D eigenvalue weighted by Gasteiger charge is 2.36. The van der Waals surface area contributed by atoms with E-state index in [1.165, 1.54) is 38.1 Å². The molecule has 6 aromatic heterocycles. The second-order valence-corrected chi connectivity index (χ2v) is 34.8. The molecule has 3 aliphatic rings. The summed E-state index contributed by atoms with van der Waals surface area (Å²) in [4.78, 5) is 74.8. The minimum atomic E-state index is -4.93. The van der Waals surface area contributed by atoms with Gasteiger partial charge < -0.3 is 34.6 Å². The fourth-order valence-corrected chi connectivity index (χ4v) is 17.2. The number of amides is 2. The second-order valence-electron chi connectivity index (χ2n) is 32.3. The van der Waals surface area contributed by atoms with Crippen molar-refractivity contribution < 1.29 is 61.5 Å². The van der Waals surface area contributed by atoms with E-state index in [-0.39, 0.29) is 97.3 Å². The zero-order valence-corrected chi connectivity index (χ0v) is 75.1. The molecule has 3 aliphatic heterocycles. The van der Waals surface area contributed by atoms with Crippen LogP contribution >= 0.6 is 46.2 Å². The number of carbonyl (C=O) groups is 3. The molecule has 668 valence electrons. The van der Waals surface area contributed by atoms with Crippen LogP contribution in [-0.2, 0) is 9.53 Å². The third-order valence-corrected chi connectivity index (χ3v) is 24.0. The summed E-state index contributed by atoms with van der Waals surface area (Å²) in [7, 11) is 0. The van der Waals surface area contributed by atoms with E-state index >= 15 is 0 Å². The molecule has 0 radical (unpaired) electrons. The van der Waals surface area contributed by atoms with Crippen LogP contribution in [0.2, 0.25) is 15.1 Å². The van der Waals surface area contributed by atoms with Crippen molar-refractivity contribution in [1.29, 1.82) is 0 Å². The van der Waals surface area contributed by atoms with Crippen molar-refractivity contribution in [1.82, 2.24) is 49.3 Å². The van der Waals surface area contributed by atoms with Crippen molar-refractivity contribution in [3.8, 4) is 67.2 Å². The van der Waals surface area contributed by atoms with Gasteiger partial charge in [0.25, 0.3) is 24.2 Å². The predicted molar refractivity (Wildman–Crippen MR) is 492 cm³/mol. The van der Waals surface area contributed by atoms with Gasteiger partial charge in [0.05, 0.1) is 48.7 Å². The lowest BCUT2D eigenvalue weighted by Crippen LogP contribution is -2.50. The molecule has 0 saturated carbocycles. The number of carbonyl (C=O) groups excluding carboxylic acids is 3. The highest BCUT2D eigenvalue weighted by Crippen LogP contribution is 2.56. The Morgan fingerprint density at radius 2 is 0.787 bits per heavy atom. The van der Waals surface area contributed by atoms with Gasteiger partial charge in [-0.2, -0.15) is 4.31 Å². The highest BCUT2D eigenvalue weighted by atomic mass is 35.5. The average molecular weight is 1830 g/mol. The number of rotatable bonds is 19. The molecule has 15 rings (SSSR count). The standard InChI is InChI=1S/C33H34ClF3N4O2.C31H28ClF3N4O.C28H26ClFN4O.C4H10F3NS/c1-19(2)20-10-6-7-11-21(20)26-28-23(18-24(34)27(38-28)22-12-8-9-13-25(22)35)31(39-29(26)30(36)37)40-14-16-41(17-15-40)32(42)43-33(3,4)5;1-4-25(40)38-13-15-39(16-14-38)31-22-17-23(32)27(21-11-7-8-12-24(21)33)36-28(22)26(29(37-31)30(34)35)20-10-6-5-9-19(20)18(2)3;1-17(2)18-7-3-4-8-19(18)25-24(16-35)32-28(34-13-11-31-12-14-34)21-15-22(29)26(33-27(21)25)20-9-5-6-10-23(20)30;1-3-8(4-2)9(5,6)7/h6-13,18-19,30H,14-17H2,1-5H3;4-12,17-18,30H,1,13-16H2,2-3H3;3-10,15-17,31H,11-14H2,1-2H3;3-4H2,1-2H3. The van der Waals surface area contributed by atoms with E-state index in [4.69, 9.17) is 59.5 Å². The van der Waals surface area contributed by atoms with Gasteiger partial charge in [-0.15, -0.1) is 11.7 Å². The number of pyridine rings is 6. The Labute approximate surface area is 749 Å². The van der Waals surface area contributed by atoms with Crippen LogP contribution in [0.1, 0.15) is 145 Å². The van der Waals surface area contributed by atoms with Crippen LogP contribution in [0.3, 0.4) is 0 Å². The molecule has 0 spiro atoms. The van der Waals surface area contributed by atoms with E-state index < -0.39 is 64.8 Å². The number of hydrogen-bond acceptors (Lipinski definition) is 15. The monoisotopic (exact) mass is 1820 g/mol. The molecule has 12 aromatic rings. The molecule has 1 N–H and O–H groups in total. The maximum absolute atomic E-state index is 14.9. The lowest BCUT2D eigenvalue weighted by molar-refractivity contribution is -0.126. The van der Waals surface area contributed by atoms with Crippen LogP contribution in [-0.4, -0.2) is 160 Å². The van der Waals surface area contributed by atoms with Crippen LogP contribution in [0.15, 0.2) is 176 Å². The van der Waals surface area contributed by atoms with E-state index in [1.54, 1.807) is 122 Å². The lowest BCUT2D eigenvalue weighted by atomic mass is 9.90. The lowest BCUT2D eigenvalue weighted by Gasteiger charge is -2.37. The van der Waals surface area contributed by atoms with Crippen LogP contribution in [0.25, 0.3) is 99.9 Å². The molecule has 0 unspecified atom stereocenters. The molecule has 6 aromatic carbocycles. The average Bonchev–Trinajstić information content (AvgIpc) is 0.746. The van der Waals surface area contributed by atoms with E-state index in [0.29, 0.717) is 123 Å². The number of piperazine rings is 3. The van der Waals surface area contributed by atoms with Gasteiger partial charge >= 0.3 is 6.09 Å². The first-order valence-corrected chi connectivity index (χ1v) is 44.2. The number of benzene rings is 6. The maximum Gasteiger partial charge on any atom is 0.410 e.